The Balaban J connectivity index is 0.00000280. The van der Waals surface area contributed by atoms with E-state index in [4.69, 9.17) is 9.47 Å². The molecule has 2 atom stereocenters. The van der Waals surface area contributed by atoms with Crippen molar-refractivity contribution in [3.05, 3.63) is 23.8 Å². The van der Waals surface area contributed by atoms with Gasteiger partial charge in [-0.15, -0.1) is 24.0 Å². The number of methoxy groups -OCH3 is 1. The third kappa shape index (κ3) is 6.34. The number of ether oxygens (including phenoxy) is 2. The van der Waals surface area contributed by atoms with Crippen LogP contribution in [0.1, 0.15) is 50.5 Å². The van der Waals surface area contributed by atoms with Crippen LogP contribution in [0.25, 0.3) is 0 Å². The molecular formula is C21H34IN3O2S. The highest BCUT2D eigenvalue weighted by molar-refractivity contribution is 14.0. The number of benzene rings is 1. The van der Waals surface area contributed by atoms with E-state index in [1.807, 2.05) is 30.9 Å². The predicted molar refractivity (Wildman–Crippen MR) is 130 cm³/mol. The number of aliphatic imine (C=N–C) groups is 1. The van der Waals surface area contributed by atoms with Gasteiger partial charge in [-0.25, -0.2) is 0 Å². The minimum absolute atomic E-state index is 0. The van der Waals surface area contributed by atoms with Crippen LogP contribution in [0, 0.1) is 0 Å². The Kier molecular flexibility index (Phi) is 10.0. The van der Waals surface area contributed by atoms with E-state index in [1.165, 1.54) is 32.1 Å². The van der Waals surface area contributed by atoms with Crippen molar-refractivity contribution in [3.63, 3.8) is 0 Å². The van der Waals surface area contributed by atoms with E-state index in [0.29, 0.717) is 18.7 Å². The summed E-state index contributed by atoms with van der Waals surface area (Å²) in [4.78, 5) is 4.41. The summed E-state index contributed by atoms with van der Waals surface area (Å²) >= 11 is 1.97. The lowest BCUT2D eigenvalue weighted by molar-refractivity contribution is 0.198. The summed E-state index contributed by atoms with van der Waals surface area (Å²) in [7, 11) is 3.54. The number of hydrogen-bond donors (Lipinski definition) is 2. The molecule has 1 aromatic carbocycles. The van der Waals surface area contributed by atoms with Crippen molar-refractivity contribution in [2.75, 3.05) is 20.4 Å². The van der Waals surface area contributed by atoms with Crippen molar-refractivity contribution in [1.29, 1.82) is 0 Å². The molecule has 0 heterocycles. The fourth-order valence-corrected chi connectivity index (χ4v) is 4.82. The van der Waals surface area contributed by atoms with Crippen LogP contribution < -0.4 is 20.1 Å². The topological polar surface area (TPSA) is 54.9 Å². The lowest BCUT2D eigenvalue weighted by Gasteiger charge is -2.21. The van der Waals surface area contributed by atoms with E-state index >= 15 is 0 Å². The second-order valence-corrected chi connectivity index (χ2v) is 8.55. The molecule has 28 heavy (non-hydrogen) atoms. The fourth-order valence-electron chi connectivity index (χ4n) is 4.02. The quantitative estimate of drug-likeness (QED) is 0.314. The highest BCUT2D eigenvalue weighted by atomic mass is 127. The van der Waals surface area contributed by atoms with Crippen LogP contribution in [0.15, 0.2) is 23.2 Å². The van der Waals surface area contributed by atoms with Gasteiger partial charge in [-0.05, 0) is 57.3 Å². The number of hydrogen-bond acceptors (Lipinski definition) is 4. The summed E-state index contributed by atoms with van der Waals surface area (Å²) in [6.07, 6.45) is 11.0. The number of para-hydroxylation sites is 1. The third-order valence-electron chi connectivity index (χ3n) is 5.60. The van der Waals surface area contributed by atoms with Crippen molar-refractivity contribution in [2.45, 2.75) is 68.9 Å². The largest absolute Gasteiger partial charge is 0.493 e. The molecule has 3 rings (SSSR count). The molecule has 2 aliphatic carbocycles. The average Bonchev–Trinajstić information content (AvgIpc) is 3.37. The van der Waals surface area contributed by atoms with Crippen LogP contribution in [0.4, 0.5) is 0 Å². The Labute approximate surface area is 190 Å². The van der Waals surface area contributed by atoms with Gasteiger partial charge in [-0.2, -0.15) is 11.8 Å². The molecule has 2 saturated carbocycles. The van der Waals surface area contributed by atoms with Gasteiger partial charge in [0.25, 0.3) is 0 Å². The van der Waals surface area contributed by atoms with E-state index in [-0.39, 0.29) is 24.0 Å². The molecular weight excluding hydrogens is 485 g/mol. The molecule has 0 aromatic heterocycles. The van der Waals surface area contributed by atoms with Crippen LogP contribution in [-0.4, -0.2) is 43.8 Å². The van der Waals surface area contributed by atoms with Crippen molar-refractivity contribution in [3.8, 4) is 11.5 Å². The average molecular weight is 519 g/mol. The van der Waals surface area contributed by atoms with Gasteiger partial charge in [0, 0.05) is 30.4 Å². The monoisotopic (exact) mass is 519 g/mol. The van der Waals surface area contributed by atoms with Crippen LogP contribution in [0.5, 0.6) is 11.5 Å². The van der Waals surface area contributed by atoms with Crippen LogP contribution in [0.2, 0.25) is 0 Å². The Hall–Kier alpha value is -0.830. The summed E-state index contributed by atoms with van der Waals surface area (Å²) in [5.74, 6) is 2.54. The Morgan fingerprint density at radius 1 is 1.21 bits per heavy atom. The van der Waals surface area contributed by atoms with E-state index in [9.17, 15) is 0 Å². The zero-order chi connectivity index (χ0) is 19.1. The number of guanidine groups is 1. The van der Waals surface area contributed by atoms with Gasteiger partial charge in [0.05, 0.1) is 13.2 Å². The number of rotatable bonds is 7. The number of halogens is 1. The predicted octanol–water partition coefficient (Wildman–Crippen LogP) is 4.58. The van der Waals surface area contributed by atoms with Crippen LogP contribution >= 0.6 is 35.7 Å². The first-order valence-electron chi connectivity index (χ1n) is 10.1. The summed E-state index contributed by atoms with van der Waals surface area (Å²) in [5.41, 5.74) is 1.11. The molecule has 2 unspecified atom stereocenters. The highest BCUT2D eigenvalue weighted by Gasteiger charge is 2.25. The maximum atomic E-state index is 6.33. The second-order valence-electron chi connectivity index (χ2n) is 7.41. The first-order chi connectivity index (χ1) is 13.2. The standard InChI is InChI=1S/C21H33N3O2S.HI/c1-22-21(24-16-11-12-18(13-16)27-3)23-14-15-7-6-10-19(25-2)20(15)26-17-8-4-5-9-17;/h6-7,10,16-18H,4-5,8-9,11-14H2,1-3H3,(H2,22,23,24);1H. The van der Waals surface area contributed by atoms with Gasteiger partial charge in [0.1, 0.15) is 0 Å². The van der Waals surface area contributed by atoms with E-state index in [0.717, 1.165) is 41.1 Å². The summed E-state index contributed by atoms with van der Waals surface area (Å²) in [5, 5.41) is 7.80. The second kappa shape index (κ2) is 12.0. The summed E-state index contributed by atoms with van der Waals surface area (Å²) in [6.45, 7) is 0.664. The highest BCUT2D eigenvalue weighted by Crippen LogP contribution is 2.35. The molecule has 0 radical (unpaired) electrons. The minimum atomic E-state index is 0. The molecule has 5 nitrogen and oxygen atoms in total. The van der Waals surface area contributed by atoms with Crippen LogP contribution in [-0.2, 0) is 6.54 Å². The molecule has 0 spiro atoms. The lowest BCUT2D eigenvalue weighted by Crippen LogP contribution is -2.42. The van der Waals surface area contributed by atoms with E-state index in [2.05, 4.69) is 27.9 Å². The SMILES string of the molecule is CN=C(NCc1cccc(OC)c1OC1CCCC1)NC1CCC(SC)C1.I. The normalized spacial score (nSPS) is 22.6. The maximum Gasteiger partial charge on any atom is 0.191 e. The van der Waals surface area contributed by atoms with Gasteiger partial charge >= 0.3 is 0 Å². The van der Waals surface area contributed by atoms with Crippen molar-refractivity contribution in [1.82, 2.24) is 10.6 Å². The molecule has 2 fully saturated rings. The summed E-state index contributed by atoms with van der Waals surface area (Å²) in [6, 6.07) is 6.61. The minimum Gasteiger partial charge on any atom is -0.493 e. The Morgan fingerprint density at radius 2 is 2.00 bits per heavy atom. The third-order valence-corrected chi connectivity index (χ3v) is 6.69. The zero-order valence-corrected chi connectivity index (χ0v) is 20.3. The van der Waals surface area contributed by atoms with Gasteiger partial charge in [0.2, 0.25) is 0 Å². The first kappa shape index (κ1) is 23.4. The lowest BCUT2D eigenvalue weighted by atomic mass is 10.1. The zero-order valence-electron chi connectivity index (χ0n) is 17.2. The molecule has 1 aromatic rings. The Morgan fingerprint density at radius 3 is 2.64 bits per heavy atom. The van der Waals surface area contributed by atoms with Crippen LogP contribution in [0.3, 0.4) is 0 Å². The first-order valence-corrected chi connectivity index (χ1v) is 11.3. The number of nitrogens with one attached hydrogen (secondary N) is 2. The molecule has 0 saturated heterocycles. The van der Waals surface area contributed by atoms with Crippen molar-refractivity contribution >= 4 is 41.7 Å². The van der Waals surface area contributed by atoms with E-state index < -0.39 is 0 Å². The molecule has 0 bridgehead atoms. The molecule has 158 valence electrons. The molecule has 2 aliphatic rings. The number of thioether (sulfide) groups is 1. The van der Waals surface area contributed by atoms with Gasteiger partial charge < -0.3 is 20.1 Å². The van der Waals surface area contributed by atoms with Crippen molar-refractivity contribution in [2.24, 2.45) is 4.99 Å². The smallest absolute Gasteiger partial charge is 0.191 e. The summed E-state index contributed by atoms with van der Waals surface area (Å²) < 4.78 is 11.9. The molecule has 7 heteroatoms. The van der Waals surface area contributed by atoms with E-state index in [1.54, 1.807) is 7.11 Å². The molecule has 0 amide bonds. The van der Waals surface area contributed by atoms with Gasteiger partial charge in [-0.1, -0.05) is 12.1 Å². The maximum absolute atomic E-state index is 6.33. The molecule has 2 N–H and O–H groups in total. The molecule has 0 aliphatic heterocycles. The fraction of sp³-hybridized carbons (Fsp3) is 0.667. The Bertz CT molecular complexity index is 638. The van der Waals surface area contributed by atoms with Gasteiger partial charge in [-0.3, -0.25) is 4.99 Å². The van der Waals surface area contributed by atoms with Gasteiger partial charge in [0.15, 0.2) is 17.5 Å². The van der Waals surface area contributed by atoms with Crippen molar-refractivity contribution < 1.29 is 9.47 Å². The number of nitrogens with zero attached hydrogens (tertiary/aromatic N) is 1.